The third-order valence-electron chi connectivity index (χ3n) is 4.18. The van der Waals surface area contributed by atoms with Gasteiger partial charge >= 0.3 is 0 Å². The molecule has 0 aliphatic carbocycles. The molecule has 0 fully saturated rings. The van der Waals surface area contributed by atoms with E-state index < -0.39 is 0 Å². The van der Waals surface area contributed by atoms with E-state index in [1.54, 1.807) is 42.5 Å². The van der Waals surface area contributed by atoms with Gasteiger partial charge in [0.15, 0.2) is 0 Å². The molecule has 0 saturated heterocycles. The number of halogens is 1. The minimum absolute atomic E-state index is 0.253. The summed E-state index contributed by atoms with van der Waals surface area (Å²) in [6.45, 7) is 1.97. The molecule has 29 heavy (non-hydrogen) atoms. The smallest absolute Gasteiger partial charge is 0.284 e. The number of benzene rings is 3. The molecule has 1 N–H and O–H groups in total. The quantitative estimate of drug-likeness (QED) is 0.467. The summed E-state index contributed by atoms with van der Waals surface area (Å²) >= 11 is 5.95. The molecule has 0 radical (unpaired) electrons. The van der Waals surface area contributed by atoms with Gasteiger partial charge in [-0.2, -0.15) is 9.67 Å². The number of fused-ring (bicyclic) bond motifs is 1. The van der Waals surface area contributed by atoms with Crippen LogP contribution in [0.1, 0.15) is 5.56 Å². The Hall–Kier alpha value is -3.73. The molecular weight excluding hydrogens is 386 g/mol. The van der Waals surface area contributed by atoms with Gasteiger partial charge in [-0.25, -0.2) is 4.98 Å². The van der Waals surface area contributed by atoms with Crippen molar-refractivity contribution >= 4 is 45.8 Å². The third-order valence-corrected chi connectivity index (χ3v) is 4.43. The van der Waals surface area contributed by atoms with E-state index in [0.29, 0.717) is 21.6 Å². The van der Waals surface area contributed by atoms with Crippen LogP contribution in [-0.4, -0.2) is 15.7 Å². The van der Waals surface area contributed by atoms with Crippen molar-refractivity contribution in [2.75, 3.05) is 5.32 Å². The number of nitrogens with one attached hydrogen (secondary N) is 1. The van der Waals surface area contributed by atoms with Crippen LogP contribution in [-0.2, 0) is 0 Å². The van der Waals surface area contributed by atoms with Crippen LogP contribution in [0.25, 0.3) is 10.9 Å². The monoisotopic (exact) mass is 401 g/mol. The van der Waals surface area contributed by atoms with Crippen molar-refractivity contribution in [3.63, 3.8) is 0 Å². The predicted molar refractivity (Wildman–Crippen MR) is 117 cm³/mol. The lowest BCUT2D eigenvalue weighted by Gasteiger charge is -2.10. The van der Waals surface area contributed by atoms with E-state index in [-0.39, 0.29) is 11.5 Å². The Morgan fingerprint density at radius 1 is 1.03 bits per heavy atom. The van der Waals surface area contributed by atoms with Crippen LogP contribution < -0.4 is 10.9 Å². The molecule has 1 aromatic heterocycles. The fourth-order valence-corrected chi connectivity index (χ4v) is 2.91. The van der Waals surface area contributed by atoms with Crippen molar-refractivity contribution in [3.05, 3.63) is 93.7 Å². The fourth-order valence-electron chi connectivity index (χ4n) is 2.78. The summed E-state index contributed by atoms with van der Waals surface area (Å²) in [4.78, 5) is 21.7. The van der Waals surface area contributed by atoms with E-state index in [4.69, 9.17) is 11.6 Å². The van der Waals surface area contributed by atoms with Crippen LogP contribution in [0.15, 0.2) is 87.7 Å². The number of anilines is 2. The number of nitrogens with zero attached hydrogens (tertiary/aromatic N) is 4. The van der Waals surface area contributed by atoms with Gasteiger partial charge in [-0.3, -0.25) is 4.79 Å². The number of aryl methyl sites for hydroxylation is 1. The maximum absolute atomic E-state index is 13.0. The number of hydrogen-bond acceptors (Lipinski definition) is 5. The van der Waals surface area contributed by atoms with Crippen molar-refractivity contribution < 1.29 is 0 Å². The second-order valence-electron chi connectivity index (χ2n) is 6.35. The number of hydrogen-bond donors (Lipinski definition) is 1. The van der Waals surface area contributed by atoms with Gasteiger partial charge in [0.05, 0.1) is 16.6 Å². The average molecular weight is 402 g/mol. The lowest BCUT2D eigenvalue weighted by atomic mass is 10.2. The number of aromatic nitrogens is 2. The molecule has 3 aromatic carbocycles. The Labute approximate surface area is 171 Å². The van der Waals surface area contributed by atoms with E-state index in [0.717, 1.165) is 15.9 Å². The van der Waals surface area contributed by atoms with Gasteiger partial charge in [0.2, 0.25) is 5.95 Å². The van der Waals surface area contributed by atoms with E-state index >= 15 is 0 Å². The zero-order chi connectivity index (χ0) is 20.2. The van der Waals surface area contributed by atoms with Crippen LogP contribution in [0.3, 0.4) is 0 Å². The summed E-state index contributed by atoms with van der Waals surface area (Å²) in [5.41, 5.74) is 2.73. The number of para-hydroxylation sites is 1. The van der Waals surface area contributed by atoms with Crippen molar-refractivity contribution in [1.29, 1.82) is 0 Å². The Bertz CT molecular complexity index is 1310. The molecule has 4 rings (SSSR count). The first-order valence-electron chi connectivity index (χ1n) is 8.88. The molecule has 0 bridgehead atoms. The molecule has 0 aliphatic heterocycles. The highest BCUT2D eigenvalue weighted by atomic mass is 35.5. The average Bonchev–Trinajstić information content (AvgIpc) is 2.72. The lowest BCUT2D eigenvalue weighted by Crippen LogP contribution is -2.20. The maximum Gasteiger partial charge on any atom is 0.284 e. The highest BCUT2D eigenvalue weighted by Gasteiger charge is 2.10. The minimum Gasteiger partial charge on any atom is -0.324 e. The molecule has 0 unspecified atom stereocenters. The zero-order valence-corrected chi connectivity index (χ0v) is 16.3. The summed E-state index contributed by atoms with van der Waals surface area (Å²) < 4.78 is 1.15. The van der Waals surface area contributed by atoms with Crippen LogP contribution in [0.5, 0.6) is 0 Å². The third kappa shape index (κ3) is 4.24. The summed E-state index contributed by atoms with van der Waals surface area (Å²) in [5.74, 6) is 0.253. The van der Waals surface area contributed by atoms with Crippen molar-refractivity contribution in [2.24, 2.45) is 10.1 Å². The molecule has 142 valence electrons. The largest absolute Gasteiger partial charge is 0.324 e. The summed E-state index contributed by atoms with van der Waals surface area (Å²) in [5, 5.41) is 8.31. The Morgan fingerprint density at radius 2 is 1.83 bits per heavy atom. The van der Waals surface area contributed by atoms with Gasteiger partial charge in [0.25, 0.3) is 5.56 Å². The standard InChI is InChI=1S/C22H16ClN5O/c1-15-5-4-6-18(13-15)24-14-25-28-21(29)19-7-2-3-8-20(19)27-22(28)26-17-11-9-16(23)10-12-17/h2-13H,1H3,(H,26,27). The van der Waals surface area contributed by atoms with Gasteiger partial charge in [0, 0.05) is 10.7 Å². The fraction of sp³-hybridized carbons (Fsp3) is 0.0455. The van der Waals surface area contributed by atoms with E-state index in [1.165, 1.54) is 0 Å². The normalized spacial score (nSPS) is 10.4. The molecule has 0 spiro atoms. The van der Waals surface area contributed by atoms with Crippen LogP contribution >= 0.6 is 11.6 Å². The molecule has 0 aliphatic rings. The first-order valence-corrected chi connectivity index (χ1v) is 9.26. The first-order chi connectivity index (χ1) is 14.1. The van der Waals surface area contributed by atoms with Gasteiger partial charge in [0.1, 0.15) is 6.01 Å². The molecule has 1 heterocycles. The van der Waals surface area contributed by atoms with Gasteiger partial charge < -0.3 is 5.32 Å². The Morgan fingerprint density at radius 3 is 2.62 bits per heavy atom. The molecule has 7 heteroatoms. The van der Waals surface area contributed by atoms with Crippen molar-refractivity contribution in [2.45, 2.75) is 6.92 Å². The molecule has 0 amide bonds. The zero-order valence-electron chi connectivity index (χ0n) is 15.5. The molecule has 6 nitrogen and oxygen atoms in total. The van der Waals surface area contributed by atoms with Crippen LogP contribution in [0.4, 0.5) is 17.3 Å². The summed E-state index contributed by atoms with van der Waals surface area (Å²) in [6, 6.07) is 24.4. The molecule has 0 atom stereocenters. The van der Waals surface area contributed by atoms with E-state index in [2.05, 4.69) is 26.4 Å². The SMILES string of the molecule is Cc1cccc(N=C=Nn2c(Nc3ccc(Cl)cc3)nc3ccccc3c2=O)c1. The summed E-state index contributed by atoms with van der Waals surface area (Å²) in [6.07, 6.45) is 0. The van der Waals surface area contributed by atoms with Crippen molar-refractivity contribution in [3.8, 4) is 0 Å². The maximum atomic E-state index is 13.0. The Balaban J connectivity index is 1.81. The molecule has 0 saturated carbocycles. The van der Waals surface area contributed by atoms with Gasteiger partial charge in [-0.1, -0.05) is 41.0 Å². The van der Waals surface area contributed by atoms with E-state index in [9.17, 15) is 4.79 Å². The van der Waals surface area contributed by atoms with Crippen molar-refractivity contribution in [1.82, 2.24) is 9.66 Å². The van der Waals surface area contributed by atoms with E-state index in [1.807, 2.05) is 37.3 Å². The number of rotatable bonds is 4. The predicted octanol–water partition coefficient (Wildman–Crippen LogP) is 5.37. The lowest BCUT2D eigenvalue weighted by molar-refractivity contribution is 0.831. The van der Waals surface area contributed by atoms with Crippen LogP contribution in [0, 0.1) is 6.92 Å². The first kappa shape index (κ1) is 18.6. The van der Waals surface area contributed by atoms with Crippen LogP contribution in [0.2, 0.25) is 5.02 Å². The summed E-state index contributed by atoms with van der Waals surface area (Å²) in [7, 11) is 0. The molecular formula is C22H16ClN5O. The molecule has 4 aromatic rings. The van der Waals surface area contributed by atoms with Gasteiger partial charge in [-0.05, 0) is 61.0 Å². The second kappa shape index (κ2) is 8.10. The van der Waals surface area contributed by atoms with Gasteiger partial charge in [-0.15, -0.1) is 0 Å². The Kier molecular flexibility index (Phi) is 5.20. The highest BCUT2D eigenvalue weighted by molar-refractivity contribution is 6.30. The minimum atomic E-state index is -0.320. The highest BCUT2D eigenvalue weighted by Crippen LogP contribution is 2.19. The second-order valence-corrected chi connectivity index (χ2v) is 6.79. The topological polar surface area (TPSA) is 71.6 Å². The number of aliphatic imine (C=N–C) groups is 1.